The molecule has 147 heavy (non-hydrogen) atoms. The van der Waals surface area contributed by atoms with Gasteiger partial charge in [0.1, 0.15) is 68.3 Å². The number of fused-ring (bicyclic) bond motifs is 13. The molecule has 7 aliphatic heterocycles. The van der Waals surface area contributed by atoms with Gasteiger partial charge in [-0.15, -0.1) is 0 Å². The highest BCUT2D eigenvalue weighted by molar-refractivity contribution is 5.90. The van der Waals surface area contributed by atoms with Crippen molar-refractivity contribution in [3.05, 3.63) is 312 Å². The zero-order chi connectivity index (χ0) is 100. The summed E-state index contributed by atoms with van der Waals surface area (Å²) in [5.74, 6) is -0.580. The fourth-order valence-corrected chi connectivity index (χ4v) is 22.0. The third kappa shape index (κ3) is 18.9. The van der Waals surface area contributed by atoms with Gasteiger partial charge in [-0.25, -0.2) is 57.7 Å². The fourth-order valence-electron chi connectivity index (χ4n) is 22.0. The van der Waals surface area contributed by atoms with Crippen LogP contribution in [0.25, 0.3) is 139 Å². The molecule has 5 N–H and O–H groups in total. The fraction of sp³-hybridized carbons (Fsp3) is 0.310. The highest BCUT2D eigenvalue weighted by Crippen LogP contribution is 2.41. The third-order valence-corrected chi connectivity index (χ3v) is 30.0. The van der Waals surface area contributed by atoms with Gasteiger partial charge in [0.05, 0.1) is 90.8 Å². The molecule has 9 aliphatic rings. The van der Waals surface area contributed by atoms with E-state index in [0.29, 0.717) is 109 Å². The number of hydrogen-bond acceptors (Lipinski definition) is 27. The number of nitrogens with zero attached hydrogens (tertiary/aromatic N) is 16. The SMILES string of the molecule is Cc1ccn2cc(-c3cc4ccc(N5CC6CCC5CN6)cc4oc3=O)nc2c1.Cc1ccn2cc(-c3cc4ccc(N5CCNC6(CCC6)C5)cc4oc3=O)nc2c1.Cc1ccn2cc(-c3cc4ccc(N5CCNC6(CCCC6)C5)cc4oc3=O)nc2c1.Cc1cn2cc(-c3cc4c(F)cc(N5CCN[C@@H](C)C5)cc4oc3=O)nc2cn1.Cc1cn2cc(-c3cc4c(F)cc(O[C@@H]5CCNC5)cc4oc3=O)nc2cn1. The Morgan fingerprint density at radius 2 is 0.816 bits per heavy atom. The number of nitrogens with one attached hydrogen (secondary N) is 5. The minimum Gasteiger partial charge on any atom is -0.489 e. The van der Waals surface area contributed by atoms with Crippen LogP contribution in [0.15, 0.2) is 266 Å². The second-order valence-electron chi connectivity index (χ2n) is 40.5. The van der Waals surface area contributed by atoms with Crippen molar-refractivity contribution in [3.8, 4) is 62.0 Å². The molecule has 2 aliphatic carbocycles. The average molecular weight is 1980 g/mol. The summed E-state index contributed by atoms with van der Waals surface area (Å²) in [6, 6.07) is 46.8. The molecule has 4 atom stereocenters. The molecule has 2 spiro atoms. The zero-order valence-electron chi connectivity index (χ0n) is 82.3. The molecule has 2 bridgehead atoms. The van der Waals surface area contributed by atoms with E-state index in [1.54, 1.807) is 51.9 Å². The lowest BCUT2D eigenvalue weighted by atomic mass is 9.75. The first-order valence-corrected chi connectivity index (χ1v) is 50.5. The summed E-state index contributed by atoms with van der Waals surface area (Å²) in [4.78, 5) is 104. The number of aromatic nitrogens is 12. The van der Waals surface area contributed by atoms with Gasteiger partial charge in [-0.05, 0) is 225 Å². The van der Waals surface area contributed by atoms with Gasteiger partial charge in [0.15, 0.2) is 11.3 Å². The molecule has 0 amide bonds. The van der Waals surface area contributed by atoms with Gasteiger partial charge < -0.3 is 95.0 Å². The molecule has 2 unspecified atom stereocenters. The van der Waals surface area contributed by atoms with Gasteiger partial charge in [-0.2, -0.15) is 0 Å². The number of hydrogen-bond donors (Lipinski definition) is 5. The quantitative estimate of drug-likeness (QED) is 0.0751. The van der Waals surface area contributed by atoms with E-state index in [1.165, 1.54) is 82.1 Å². The van der Waals surface area contributed by atoms with Gasteiger partial charge in [-0.3, -0.25) is 9.97 Å². The molecule has 5 aromatic carbocycles. The largest absolute Gasteiger partial charge is 0.489 e. The first-order valence-electron chi connectivity index (χ1n) is 50.5. The summed E-state index contributed by atoms with van der Waals surface area (Å²) in [7, 11) is 0. The minimum absolute atomic E-state index is 0.0158. The van der Waals surface area contributed by atoms with Gasteiger partial charge in [0.25, 0.3) is 0 Å². The normalized spacial score (nSPS) is 18.4. The molecular formula is C113H109F2N21O11. The predicted molar refractivity (Wildman–Crippen MR) is 564 cm³/mol. The lowest BCUT2D eigenvalue weighted by Gasteiger charge is -2.50. The van der Waals surface area contributed by atoms with Crippen LogP contribution >= 0.6 is 0 Å². The van der Waals surface area contributed by atoms with Gasteiger partial charge in [-0.1, -0.05) is 12.8 Å². The Bertz CT molecular complexity index is 8900. The lowest BCUT2D eigenvalue weighted by molar-refractivity contribution is 0.173. The number of benzene rings is 5. The van der Waals surface area contributed by atoms with E-state index in [0.717, 1.165) is 163 Å². The number of ether oxygens (including phenoxy) is 1. The summed E-state index contributed by atoms with van der Waals surface area (Å²) in [6.07, 6.45) is 34.0. The Morgan fingerprint density at radius 1 is 0.388 bits per heavy atom. The van der Waals surface area contributed by atoms with Gasteiger partial charge in [0, 0.05) is 245 Å². The van der Waals surface area contributed by atoms with E-state index in [2.05, 4.69) is 112 Å². The lowest BCUT2D eigenvalue weighted by Crippen LogP contribution is -2.64. The standard InChI is InChI=1S/C25H26N4O2.C24H24N4O2.C23H22N4O2.C21H20FN5O2.C20H17FN4O3/c1-17-6-10-28-15-21(27-23(28)12-17)20-13-18-4-5-19(14-22(18)31-24(20)30)29-11-9-26-25(16-29)7-2-3-8-25;1-16-5-9-27-14-20(26-22(27)11-16)19-12-17-3-4-18(13-21(17)30-23(19)29)28-10-8-25-24(15-28)6-2-7-24;1-14-6-7-26-13-20(25-22(26)8-14)19-9-15-2-4-17(10-21(15)29-23(19)28)27-12-16-3-5-18(27)11-24-16;1-12-9-26(4-3-23-12)14-5-17(22)15-7-16(21(28)29-19(15)6-14)18-11-27-10-13(2)24-8-20(27)25-18;1-11-9-25-10-17(24-19(25)8-23-11)15-6-14-16(21)4-13(5-18(14)28-20(15)26)27-12-2-3-22-7-12/h4-6,10,12-15,26H,2-3,7-9,11,16H2,1H3;3-5,9,11-14,25H,2,6-8,10,15H2,1H3;2,4,6-10,13,16,18,24H,3,5,11-12H2,1H3;5-8,10-12,23H,3-4,9H2,1-2H3;4-6,8-10,12,22H,2-3,7H2,1H3/t;;;2*12-/m...01/s1. The average Bonchev–Trinajstić information content (AvgIpc) is 1.76. The van der Waals surface area contributed by atoms with Crippen molar-refractivity contribution < 1.29 is 35.6 Å². The maximum absolute atomic E-state index is 14.9. The van der Waals surface area contributed by atoms with Crippen LogP contribution in [0.3, 0.4) is 0 Å². The molecule has 15 aromatic heterocycles. The van der Waals surface area contributed by atoms with Crippen molar-refractivity contribution in [2.24, 2.45) is 0 Å². The molecule has 34 heteroatoms. The van der Waals surface area contributed by atoms with E-state index in [9.17, 15) is 32.8 Å². The van der Waals surface area contributed by atoms with Crippen molar-refractivity contribution in [2.75, 3.05) is 105 Å². The van der Waals surface area contributed by atoms with Crippen molar-refractivity contribution in [1.29, 1.82) is 0 Å². The van der Waals surface area contributed by atoms with Crippen molar-refractivity contribution >= 4 is 106 Å². The smallest absolute Gasteiger partial charge is 0.345 e. The molecule has 22 heterocycles. The number of piperazine rings is 4. The van der Waals surface area contributed by atoms with Gasteiger partial charge >= 0.3 is 28.1 Å². The second kappa shape index (κ2) is 38.3. The maximum atomic E-state index is 14.9. The zero-order valence-corrected chi connectivity index (χ0v) is 82.3. The molecule has 7 saturated heterocycles. The highest BCUT2D eigenvalue weighted by atomic mass is 19.1. The van der Waals surface area contributed by atoms with E-state index >= 15 is 0 Å². The van der Waals surface area contributed by atoms with Crippen LogP contribution in [0.5, 0.6) is 5.75 Å². The molecule has 29 rings (SSSR count). The van der Waals surface area contributed by atoms with Crippen LogP contribution < -0.4 is 79.0 Å². The van der Waals surface area contributed by atoms with E-state index < -0.39 is 22.9 Å². The number of rotatable bonds is 11. The molecule has 746 valence electrons. The van der Waals surface area contributed by atoms with Crippen LogP contribution in [0, 0.1) is 46.3 Å². The number of pyridine rings is 3. The topological polar surface area (TPSA) is 346 Å². The molecule has 20 aromatic rings. The Hall–Kier alpha value is -15.9. The van der Waals surface area contributed by atoms with E-state index in [-0.39, 0.29) is 67.1 Å². The summed E-state index contributed by atoms with van der Waals surface area (Å²) in [5.41, 5.74) is 18.1. The minimum atomic E-state index is -0.584. The summed E-state index contributed by atoms with van der Waals surface area (Å²) in [6.45, 7) is 23.8. The number of imidazole rings is 5. The predicted octanol–water partition coefficient (Wildman–Crippen LogP) is 16.7. The Balaban J connectivity index is 0.0000000983. The first-order chi connectivity index (χ1) is 71.3. The van der Waals surface area contributed by atoms with Crippen molar-refractivity contribution in [1.82, 2.24) is 83.5 Å². The Kier molecular flexibility index (Phi) is 24.3. The molecule has 0 radical (unpaired) electrons. The highest BCUT2D eigenvalue weighted by Gasteiger charge is 2.42. The molecular weight excluding hydrogens is 1870 g/mol. The van der Waals surface area contributed by atoms with Crippen molar-refractivity contribution in [3.63, 3.8) is 0 Å². The van der Waals surface area contributed by atoms with Crippen LogP contribution in [0.1, 0.15) is 99.2 Å². The molecule has 2 saturated carbocycles. The molecule has 32 nitrogen and oxygen atoms in total. The first kappa shape index (κ1) is 93.5. The third-order valence-electron chi connectivity index (χ3n) is 30.0. The maximum Gasteiger partial charge on any atom is 0.345 e. The summed E-state index contributed by atoms with van der Waals surface area (Å²) >= 11 is 0. The molecule has 9 fully saturated rings. The Labute approximate surface area is 839 Å². The number of aryl methyl sites for hydroxylation is 5. The Morgan fingerprint density at radius 3 is 1.26 bits per heavy atom. The van der Waals surface area contributed by atoms with Crippen LogP contribution in [-0.4, -0.2) is 177 Å². The van der Waals surface area contributed by atoms with E-state index in [1.807, 2.05) is 176 Å². The van der Waals surface area contributed by atoms with Crippen molar-refractivity contribution in [2.45, 2.75) is 141 Å². The summed E-state index contributed by atoms with van der Waals surface area (Å²) in [5, 5.41) is 20.8. The number of halogens is 2. The van der Waals surface area contributed by atoms with Crippen LogP contribution in [-0.2, 0) is 0 Å². The number of anilines is 4. The van der Waals surface area contributed by atoms with Crippen LogP contribution in [0.2, 0.25) is 0 Å². The number of piperidine rings is 2. The van der Waals surface area contributed by atoms with Crippen LogP contribution in [0.4, 0.5) is 31.5 Å². The van der Waals surface area contributed by atoms with Gasteiger partial charge in [0.2, 0.25) is 0 Å². The van der Waals surface area contributed by atoms with E-state index in [4.69, 9.17) is 26.8 Å². The summed E-state index contributed by atoms with van der Waals surface area (Å²) < 4.78 is 72.9. The monoisotopic (exact) mass is 1970 g/mol. The second-order valence-corrected chi connectivity index (χ2v) is 40.5.